The molecule has 0 radical (unpaired) electrons. The van der Waals surface area contributed by atoms with Crippen LogP contribution in [0.3, 0.4) is 0 Å². The molecule has 0 aliphatic rings. The zero-order chi connectivity index (χ0) is 21.1. The van der Waals surface area contributed by atoms with Crippen molar-refractivity contribution in [3.05, 3.63) is 70.8 Å². The molecule has 1 amide bonds. The molecule has 0 unspecified atom stereocenters. The average molecular weight is 425 g/mol. The number of H-pyrrole nitrogens is 1. The van der Waals surface area contributed by atoms with Crippen LogP contribution in [0.25, 0.3) is 17.0 Å². The molecule has 0 saturated carbocycles. The summed E-state index contributed by atoms with van der Waals surface area (Å²) < 4.78 is 19.7. The number of nitrogens with one attached hydrogen (secondary N) is 2. The highest BCUT2D eigenvalue weighted by molar-refractivity contribution is 7.99. The van der Waals surface area contributed by atoms with Gasteiger partial charge in [0.25, 0.3) is 5.56 Å². The summed E-state index contributed by atoms with van der Waals surface area (Å²) in [5.74, 6) is 0.397. The highest BCUT2D eigenvalue weighted by Crippen LogP contribution is 2.24. The molecule has 8 nitrogen and oxygen atoms in total. The number of carbonyl (C=O) groups is 1. The van der Waals surface area contributed by atoms with E-state index < -0.39 is 0 Å². The number of anilines is 1. The Kier molecular flexibility index (Phi) is 5.48. The number of thioether (sulfide) groups is 1. The van der Waals surface area contributed by atoms with Gasteiger partial charge in [-0.25, -0.2) is 18.9 Å². The number of hydrogen-bond acceptors (Lipinski definition) is 6. The Morgan fingerprint density at radius 1 is 1.20 bits per heavy atom. The van der Waals surface area contributed by atoms with Crippen LogP contribution in [-0.2, 0) is 4.79 Å². The largest absolute Gasteiger partial charge is 0.497 e. The van der Waals surface area contributed by atoms with Gasteiger partial charge < -0.3 is 10.1 Å². The molecule has 4 rings (SSSR count). The molecular weight excluding hydrogens is 409 g/mol. The monoisotopic (exact) mass is 425 g/mol. The molecule has 2 aromatic carbocycles. The maximum absolute atomic E-state index is 13.0. The van der Waals surface area contributed by atoms with Gasteiger partial charge in [0.2, 0.25) is 5.91 Å². The molecule has 2 aromatic heterocycles. The van der Waals surface area contributed by atoms with Crippen molar-refractivity contribution < 1.29 is 13.9 Å². The normalized spacial score (nSPS) is 10.9. The Hall–Kier alpha value is -3.66. The number of aromatic nitrogens is 4. The fourth-order valence-corrected chi connectivity index (χ4v) is 3.48. The molecule has 0 saturated heterocycles. The van der Waals surface area contributed by atoms with E-state index in [1.807, 2.05) is 12.1 Å². The quantitative estimate of drug-likeness (QED) is 0.461. The van der Waals surface area contributed by atoms with E-state index in [0.29, 0.717) is 33.6 Å². The Balaban J connectivity index is 1.60. The second kappa shape index (κ2) is 8.37. The number of benzene rings is 2. The SMILES string of the molecule is COc1cccc(-c2nc(SCC(=O)Nc3ccc(F)cc3)n3[nH]c(=O)cc3n2)c1. The minimum atomic E-state index is -0.382. The van der Waals surface area contributed by atoms with Gasteiger partial charge in [-0.3, -0.25) is 14.7 Å². The summed E-state index contributed by atoms with van der Waals surface area (Å²) in [5, 5.41) is 5.71. The van der Waals surface area contributed by atoms with Gasteiger partial charge in [-0.15, -0.1) is 0 Å². The van der Waals surface area contributed by atoms with E-state index in [2.05, 4.69) is 20.4 Å². The summed E-state index contributed by atoms with van der Waals surface area (Å²) in [7, 11) is 1.57. The maximum atomic E-state index is 13.0. The zero-order valence-corrected chi connectivity index (χ0v) is 16.6. The first-order valence-corrected chi connectivity index (χ1v) is 9.83. The molecule has 2 N–H and O–H groups in total. The number of hydrogen-bond donors (Lipinski definition) is 2. The molecule has 0 fully saturated rings. The van der Waals surface area contributed by atoms with Gasteiger partial charge in [-0.1, -0.05) is 23.9 Å². The van der Waals surface area contributed by atoms with Crippen molar-refractivity contribution >= 4 is 29.0 Å². The van der Waals surface area contributed by atoms with Crippen molar-refractivity contribution in [2.45, 2.75) is 5.16 Å². The lowest BCUT2D eigenvalue weighted by Gasteiger charge is -2.09. The third kappa shape index (κ3) is 4.33. The number of methoxy groups -OCH3 is 1. The molecule has 0 aliphatic heterocycles. The number of aromatic amines is 1. The lowest BCUT2D eigenvalue weighted by molar-refractivity contribution is -0.113. The first-order chi connectivity index (χ1) is 14.5. The van der Waals surface area contributed by atoms with Gasteiger partial charge in [0.1, 0.15) is 11.6 Å². The van der Waals surface area contributed by atoms with Crippen molar-refractivity contribution in [2.24, 2.45) is 0 Å². The third-order valence-electron chi connectivity index (χ3n) is 4.11. The molecule has 0 spiro atoms. The minimum Gasteiger partial charge on any atom is -0.497 e. The highest BCUT2D eigenvalue weighted by atomic mass is 32.2. The Morgan fingerprint density at radius 3 is 2.77 bits per heavy atom. The van der Waals surface area contributed by atoms with Gasteiger partial charge in [-0.05, 0) is 36.4 Å². The smallest absolute Gasteiger partial charge is 0.266 e. The Bertz CT molecular complexity index is 1270. The van der Waals surface area contributed by atoms with E-state index in [-0.39, 0.29) is 23.0 Å². The first kappa shape index (κ1) is 19.6. The Labute approximate surface area is 174 Å². The summed E-state index contributed by atoms with van der Waals surface area (Å²) in [6.45, 7) is 0. The standard InChI is InChI=1S/C20H16FN5O3S/c1-29-15-4-2-3-12(9-15)19-23-16-10-17(27)25-26(16)20(24-19)30-11-18(28)22-14-7-5-13(21)6-8-14/h2-10H,11H2,1H3,(H,22,28)(H,25,27). The summed E-state index contributed by atoms with van der Waals surface area (Å²) in [5.41, 5.74) is 1.25. The first-order valence-electron chi connectivity index (χ1n) is 8.84. The second-order valence-corrected chi connectivity index (χ2v) is 7.16. The topological polar surface area (TPSA) is 101 Å². The number of halogens is 1. The molecular formula is C20H16FN5O3S. The number of rotatable bonds is 6. The summed E-state index contributed by atoms with van der Waals surface area (Å²) >= 11 is 1.14. The van der Waals surface area contributed by atoms with E-state index in [1.165, 1.54) is 34.8 Å². The zero-order valence-electron chi connectivity index (χ0n) is 15.8. The van der Waals surface area contributed by atoms with E-state index in [9.17, 15) is 14.0 Å². The fraction of sp³-hybridized carbons (Fsp3) is 0.100. The van der Waals surface area contributed by atoms with Crippen LogP contribution in [0.4, 0.5) is 10.1 Å². The van der Waals surface area contributed by atoms with Crippen LogP contribution in [0.5, 0.6) is 5.75 Å². The van der Waals surface area contributed by atoms with Crippen LogP contribution >= 0.6 is 11.8 Å². The number of fused-ring (bicyclic) bond motifs is 1. The molecule has 0 atom stereocenters. The average Bonchev–Trinajstić information content (AvgIpc) is 3.14. The second-order valence-electron chi connectivity index (χ2n) is 6.22. The Morgan fingerprint density at radius 2 is 2.00 bits per heavy atom. The van der Waals surface area contributed by atoms with E-state index in [0.717, 1.165) is 11.8 Å². The van der Waals surface area contributed by atoms with Crippen molar-refractivity contribution in [3.63, 3.8) is 0 Å². The molecule has 152 valence electrons. The van der Waals surface area contributed by atoms with Gasteiger partial charge in [0, 0.05) is 17.3 Å². The summed E-state index contributed by atoms with van der Waals surface area (Å²) in [6, 6.07) is 14.1. The van der Waals surface area contributed by atoms with E-state index in [1.54, 1.807) is 19.2 Å². The molecule has 4 aromatic rings. The van der Waals surface area contributed by atoms with Crippen LogP contribution < -0.4 is 15.6 Å². The minimum absolute atomic E-state index is 0.0290. The van der Waals surface area contributed by atoms with Gasteiger partial charge in [-0.2, -0.15) is 0 Å². The van der Waals surface area contributed by atoms with Crippen LogP contribution in [0.1, 0.15) is 0 Å². The fourth-order valence-electron chi connectivity index (χ4n) is 2.73. The van der Waals surface area contributed by atoms with Crippen molar-refractivity contribution in [2.75, 3.05) is 18.2 Å². The lowest BCUT2D eigenvalue weighted by atomic mass is 10.2. The van der Waals surface area contributed by atoms with Crippen molar-refractivity contribution in [3.8, 4) is 17.1 Å². The van der Waals surface area contributed by atoms with Crippen LogP contribution in [0.2, 0.25) is 0 Å². The third-order valence-corrected chi connectivity index (χ3v) is 5.05. The van der Waals surface area contributed by atoms with Gasteiger partial charge in [0.05, 0.1) is 12.9 Å². The van der Waals surface area contributed by atoms with Crippen LogP contribution in [0.15, 0.2) is 64.5 Å². The number of carbonyl (C=O) groups excluding carboxylic acids is 1. The predicted octanol–water partition coefficient (Wildman–Crippen LogP) is 2.96. The molecule has 0 bridgehead atoms. The van der Waals surface area contributed by atoms with Gasteiger partial charge in [0.15, 0.2) is 16.6 Å². The number of ether oxygens (including phenoxy) is 1. The molecule has 10 heteroatoms. The van der Waals surface area contributed by atoms with Crippen molar-refractivity contribution in [1.82, 2.24) is 19.6 Å². The van der Waals surface area contributed by atoms with Crippen LogP contribution in [-0.4, -0.2) is 38.4 Å². The van der Waals surface area contributed by atoms with E-state index >= 15 is 0 Å². The van der Waals surface area contributed by atoms with Crippen molar-refractivity contribution in [1.29, 1.82) is 0 Å². The molecule has 2 heterocycles. The predicted molar refractivity (Wildman–Crippen MR) is 111 cm³/mol. The van der Waals surface area contributed by atoms with E-state index in [4.69, 9.17) is 4.74 Å². The number of nitrogens with zero attached hydrogens (tertiary/aromatic N) is 3. The summed E-state index contributed by atoms with van der Waals surface area (Å²) in [4.78, 5) is 33.0. The highest BCUT2D eigenvalue weighted by Gasteiger charge is 2.14. The molecule has 0 aliphatic carbocycles. The molecule has 30 heavy (non-hydrogen) atoms. The lowest BCUT2D eigenvalue weighted by Crippen LogP contribution is -2.15. The van der Waals surface area contributed by atoms with Crippen LogP contribution in [0, 0.1) is 5.82 Å². The maximum Gasteiger partial charge on any atom is 0.266 e. The summed E-state index contributed by atoms with van der Waals surface area (Å²) in [6.07, 6.45) is 0. The number of amides is 1. The van der Waals surface area contributed by atoms with Gasteiger partial charge >= 0.3 is 0 Å².